The number of nitrogens with zero attached hydrogens (tertiary/aromatic N) is 2. The Morgan fingerprint density at radius 3 is 2.81 bits per heavy atom. The molecule has 1 amide bonds. The SMILES string of the molecule is NC(=O)Cc1nc(N)c2c(F)cccc2n1. The molecule has 0 bridgehead atoms. The van der Waals surface area contributed by atoms with Gasteiger partial charge in [0.05, 0.1) is 17.3 Å². The molecule has 0 atom stereocenters. The predicted molar refractivity (Wildman–Crippen MR) is 56.8 cm³/mol. The molecule has 6 heteroatoms. The third kappa shape index (κ3) is 1.77. The zero-order valence-electron chi connectivity index (χ0n) is 8.27. The van der Waals surface area contributed by atoms with Gasteiger partial charge >= 0.3 is 0 Å². The summed E-state index contributed by atoms with van der Waals surface area (Å²) in [6, 6.07) is 4.38. The number of hydrogen-bond donors (Lipinski definition) is 2. The highest BCUT2D eigenvalue weighted by Crippen LogP contribution is 2.20. The second-order valence-corrected chi connectivity index (χ2v) is 3.30. The fourth-order valence-electron chi connectivity index (χ4n) is 1.45. The lowest BCUT2D eigenvalue weighted by Crippen LogP contribution is -2.16. The van der Waals surface area contributed by atoms with E-state index < -0.39 is 11.7 Å². The molecule has 16 heavy (non-hydrogen) atoms. The summed E-state index contributed by atoms with van der Waals surface area (Å²) >= 11 is 0. The minimum Gasteiger partial charge on any atom is -0.383 e. The Balaban J connectivity index is 2.64. The first-order valence-electron chi connectivity index (χ1n) is 4.57. The molecule has 0 unspecified atom stereocenters. The van der Waals surface area contributed by atoms with Crippen molar-refractivity contribution in [3.63, 3.8) is 0 Å². The van der Waals surface area contributed by atoms with Gasteiger partial charge in [0.15, 0.2) is 0 Å². The minimum absolute atomic E-state index is 0.0133. The van der Waals surface area contributed by atoms with Gasteiger partial charge in [-0.2, -0.15) is 0 Å². The summed E-state index contributed by atoms with van der Waals surface area (Å²) < 4.78 is 13.4. The van der Waals surface area contributed by atoms with Gasteiger partial charge in [0.1, 0.15) is 17.5 Å². The van der Waals surface area contributed by atoms with E-state index in [1.807, 2.05) is 0 Å². The van der Waals surface area contributed by atoms with E-state index in [2.05, 4.69) is 9.97 Å². The summed E-state index contributed by atoms with van der Waals surface area (Å²) in [4.78, 5) is 18.5. The zero-order valence-corrected chi connectivity index (χ0v) is 8.27. The summed E-state index contributed by atoms with van der Waals surface area (Å²) in [5.41, 5.74) is 11.0. The molecule has 0 saturated carbocycles. The molecule has 0 saturated heterocycles. The van der Waals surface area contributed by atoms with Gasteiger partial charge < -0.3 is 11.5 Å². The van der Waals surface area contributed by atoms with Crippen molar-refractivity contribution >= 4 is 22.6 Å². The molecule has 1 heterocycles. The van der Waals surface area contributed by atoms with Crippen molar-refractivity contribution in [2.45, 2.75) is 6.42 Å². The third-order valence-electron chi connectivity index (χ3n) is 2.08. The predicted octanol–water partition coefficient (Wildman–Crippen LogP) is 0.379. The normalized spacial score (nSPS) is 10.6. The Morgan fingerprint density at radius 2 is 2.12 bits per heavy atom. The van der Waals surface area contributed by atoms with Crippen LogP contribution in [0.5, 0.6) is 0 Å². The first kappa shape index (κ1) is 10.3. The van der Waals surface area contributed by atoms with Crippen LogP contribution in [0.15, 0.2) is 18.2 Å². The number of amides is 1. The quantitative estimate of drug-likeness (QED) is 0.764. The summed E-state index contributed by atoms with van der Waals surface area (Å²) in [5, 5.41) is 0.163. The Morgan fingerprint density at radius 1 is 1.38 bits per heavy atom. The second kappa shape index (κ2) is 3.73. The maximum atomic E-state index is 13.4. The number of rotatable bonds is 2. The number of nitrogen functional groups attached to an aromatic ring is 1. The summed E-state index contributed by atoms with van der Waals surface area (Å²) in [5.74, 6) is -0.835. The van der Waals surface area contributed by atoms with Gasteiger partial charge in [-0.1, -0.05) is 6.07 Å². The van der Waals surface area contributed by atoms with Crippen molar-refractivity contribution in [2.24, 2.45) is 5.73 Å². The van der Waals surface area contributed by atoms with E-state index in [9.17, 15) is 9.18 Å². The number of primary amides is 1. The van der Waals surface area contributed by atoms with Crippen molar-refractivity contribution in [3.05, 3.63) is 29.8 Å². The van der Waals surface area contributed by atoms with Crippen LogP contribution in [0.2, 0.25) is 0 Å². The van der Waals surface area contributed by atoms with Crippen LogP contribution < -0.4 is 11.5 Å². The molecule has 4 N–H and O–H groups in total. The number of aromatic nitrogens is 2. The average Bonchev–Trinajstić information content (AvgIpc) is 2.15. The number of halogens is 1. The molecular formula is C10H9FN4O. The molecule has 0 aliphatic carbocycles. The molecule has 2 aromatic rings. The van der Waals surface area contributed by atoms with Crippen LogP contribution in [0.25, 0.3) is 10.9 Å². The Hall–Kier alpha value is -2.24. The van der Waals surface area contributed by atoms with E-state index in [1.165, 1.54) is 12.1 Å². The highest BCUT2D eigenvalue weighted by atomic mass is 19.1. The van der Waals surface area contributed by atoms with Crippen molar-refractivity contribution < 1.29 is 9.18 Å². The van der Waals surface area contributed by atoms with Crippen molar-refractivity contribution in [3.8, 4) is 0 Å². The standard InChI is InChI=1S/C10H9FN4O/c11-5-2-1-3-6-9(5)10(13)15-8(14-6)4-7(12)16/h1-3H,4H2,(H2,12,16)(H2,13,14,15). The summed E-state index contributed by atoms with van der Waals surface area (Å²) in [6.07, 6.45) is -0.114. The lowest BCUT2D eigenvalue weighted by Gasteiger charge is -2.04. The van der Waals surface area contributed by atoms with E-state index >= 15 is 0 Å². The molecule has 0 spiro atoms. The first-order chi connectivity index (χ1) is 7.58. The fraction of sp³-hybridized carbons (Fsp3) is 0.100. The summed E-state index contributed by atoms with van der Waals surface area (Å²) in [7, 11) is 0. The number of carbonyl (C=O) groups is 1. The molecule has 0 radical (unpaired) electrons. The maximum Gasteiger partial charge on any atom is 0.225 e. The highest BCUT2D eigenvalue weighted by Gasteiger charge is 2.10. The van der Waals surface area contributed by atoms with Crippen molar-refractivity contribution in [1.82, 2.24) is 9.97 Å². The molecule has 0 fully saturated rings. The average molecular weight is 220 g/mol. The molecule has 1 aromatic carbocycles. The number of carbonyl (C=O) groups excluding carboxylic acids is 1. The van der Waals surface area contributed by atoms with Gasteiger partial charge in [0, 0.05) is 0 Å². The van der Waals surface area contributed by atoms with Crippen LogP contribution in [-0.2, 0) is 11.2 Å². The third-order valence-corrected chi connectivity index (χ3v) is 2.08. The lowest BCUT2D eigenvalue weighted by molar-refractivity contribution is -0.117. The second-order valence-electron chi connectivity index (χ2n) is 3.30. The minimum atomic E-state index is -0.560. The summed E-state index contributed by atoms with van der Waals surface area (Å²) in [6.45, 7) is 0. The van der Waals surface area contributed by atoms with Gasteiger partial charge in [-0.25, -0.2) is 14.4 Å². The topological polar surface area (TPSA) is 94.9 Å². The largest absolute Gasteiger partial charge is 0.383 e. The molecule has 0 aliphatic heterocycles. The molecule has 2 rings (SSSR count). The Bertz CT molecular complexity index is 570. The number of hydrogen-bond acceptors (Lipinski definition) is 4. The van der Waals surface area contributed by atoms with E-state index in [4.69, 9.17) is 11.5 Å². The molecular weight excluding hydrogens is 211 g/mol. The first-order valence-corrected chi connectivity index (χ1v) is 4.57. The van der Waals surface area contributed by atoms with E-state index in [1.54, 1.807) is 6.07 Å². The van der Waals surface area contributed by atoms with Gasteiger partial charge in [-0.15, -0.1) is 0 Å². The maximum absolute atomic E-state index is 13.4. The highest BCUT2D eigenvalue weighted by molar-refractivity contribution is 5.89. The smallest absolute Gasteiger partial charge is 0.225 e. The van der Waals surface area contributed by atoms with Crippen LogP contribution in [0.1, 0.15) is 5.82 Å². The monoisotopic (exact) mass is 220 g/mol. The van der Waals surface area contributed by atoms with Gasteiger partial charge in [0.25, 0.3) is 0 Å². The van der Waals surface area contributed by atoms with Gasteiger partial charge in [0.2, 0.25) is 5.91 Å². The van der Waals surface area contributed by atoms with Crippen LogP contribution in [0, 0.1) is 5.82 Å². The van der Waals surface area contributed by atoms with Crippen LogP contribution in [0.4, 0.5) is 10.2 Å². The van der Waals surface area contributed by atoms with E-state index in [0.29, 0.717) is 5.52 Å². The zero-order chi connectivity index (χ0) is 11.7. The van der Waals surface area contributed by atoms with Crippen LogP contribution in [-0.4, -0.2) is 15.9 Å². The Kier molecular flexibility index (Phi) is 2.40. The van der Waals surface area contributed by atoms with Crippen LogP contribution >= 0.6 is 0 Å². The molecule has 5 nitrogen and oxygen atoms in total. The van der Waals surface area contributed by atoms with Crippen LogP contribution in [0.3, 0.4) is 0 Å². The van der Waals surface area contributed by atoms with E-state index in [-0.39, 0.29) is 23.4 Å². The number of fused-ring (bicyclic) bond motifs is 1. The number of benzene rings is 1. The fourth-order valence-corrected chi connectivity index (χ4v) is 1.45. The van der Waals surface area contributed by atoms with Gasteiger partial charge in [-0.05, 0) is 12.1 Å². The van der Waals surface area contributed by atoms with Crippen molar-refractivity contribution in [1.29, 1.82) is 0 Å². The lowest BCUT2D eigenvalue weighted by atomic mass is 10.2. The Labute approximate surface area is 90.3 Å². The van der Waals surface area contributed by atoms with Gasteiger partial charge in [-0.3, -0.25) is 4.79 Å². The number of nitrogens with two attached hydrogens (primary N) is 2. The molecule has 82 valence electrons. The van der Waals surface area contributed by atoms with E-state index in [0.717, 1.165) is 0 Å². The number of anilines is 1. The van der Waals surface area contributed by atoms with Crippen molar-refractivity contribution in [2.75, 3.05) is 5.73 Å². The molecule has 0 aliphatic rings. The molecule has 1 aromatic heterocycles.